The van der Waals surface area contributed by atoms with E-state index in [4.69, 9.17) is 14.5 Å². The molecule has 0 bridgehead atoms. The number of fused-ring (bicyclic) bond motifs is 1. The standard InChI is InChI=1S/C28H39N3O3/c1-20(2)34-26-12-5-4-11-25(26)27(21(3)32)31-17-15-24(19-31)33-18-7-6-10-23-14-13-22-9-8-16-29-28(22)30-23/h4-5,11-14,20,24,27H,6-10,15-19H2,1-3H3,(H,29,30)/t24-,27-/m1/s1. The van der Waals surface area contributed by atoms with Crippen LogP contribution in [0.15, 0.2) is 36.4 Å². The monoisotopic (exact) mass is 465 g/mol. The van der Waals surface area contributed by atoms with E-state index in [1.165, 1.54) is 12.0 Å². The fourth-order valence-corrected chi connectivity index (χ4v) is 5.03. The number of likely N-dealkylation sites (tertiary alicyclic amines) is 1. The Morgan fingerprint density at radius 1 is 1.21 bits per heavy atom. The first kappa shape index (κ1) is 24.7. The lowest BCUT2D eigenvalue weighted by Gasteiger charge is -2.28. The molecular weight excluding hydrogens is 426 g/mol. The molecule has 1 aromatic carbocycles. The van der Waals surface area contributed by atoms with Gasteiger partial charge in [0.25, 0.3) is 0 Å². The minimum Gasteiger partial charge on any atom is -0.491 e. The minimum absolute atomic E-state index is 0.0659. The fraction of sp³-hybridized carbons (Fsp3) is 0.571. The van der Waals surface area contributed by atoms with Crippen molar-refractivity contribution < 1.29 is 14.3 Å². The first-order valence-electron chi connectivity index (χ1n) is 12.9. The second-order valence-electron chi connectivity index (χ2n) is 9.79. The summed E-state index contributed by atoms with van der Waals surface area (Å²) in [5.74, 6) is 2.02. The van der Waals surface area contributed by atoms with Crippen molar-refractivity contribution in [1.29, 1.82) is 0 Å². The van der Waals surface area contributed by atoms with Crippen molar-refractivity contribution in [2.24, 2.45) is 0 Å². The Kier molecular flexibility index (Phi) is 8.57. The summed E-state index contributed by atoms with van der Waals surface area (Å²) in [5.41, 5.74) is 3.45. The van der Waals surface area contributed by atoms with Gasteiger partial charge < -0.3 is 14.8 Å². The number of aromatic nitrogens is 1. The van der Waals surface area contributed by atoms with Gasteiger partial charge in [-0.1, -0.05) is 24.3 Å². The van der Waals surface area contributed by atoms with E-state index in [1.54, 1.807) is 6.92 Å². The van der Waals surface area contributed by atoms with Crippen LogP contribution in [0, 0.1) is 0 Å². The number of carbonyl (C=O) groups excluding carboxylic acids is 1. The number of benzene rings is 1. The summed E-state index contributed by atoms with van der Waals surface area (Å²) in [7, 11) is 0. The molecule has 0 aliphatic carbocycles. The molecule has 6 heteroatoms. The number of hydrogen-bond donors (Lipinski definition) is 1. The van der Waals surface area contributed by atoms with Gasteiger partial charge in [0.05, 0.1) is 18.2 Å². The number of hydrogen-bond acceptors (Lipinski definition) is 6. The number of ketones is 1. The maximum atomic E-state index is 12.7. The van der Waals surface area contributed by atoms with E-state index < -0.39 is 0 Å². The summed E-state index contributed by atoms with van der Waals surface area (Å²) >= 11 is 0. The molecule has 0 spiro atoms. The molecule has 0 amide bonds. The molecule has 2 aliphatic heterocycles. The third-order valence-electron chi connectivity index (χ3n) is 6.64. The molecule has 0 radical (unpaired) electrons. The maximum Gasteiger partial charge on any atom is 0.151 e. The number of nitrogens with one attached hydrogen (secondary N) is 1. The molecule has 2 aromatic rings. The van der Waals surface area contributed by atoms with Crippen LogP contribution in [0.2, 0.25) is 0 Å². The highest BCUT2D eigenvalue weighted by Gasteiger charge is 2.33. The average molecular weight is 466 g/mol. The fourth-order valence-electron chi connectivity index (χ4n) is 5.03. The van der Waals surface area contributed by atoms with E-state index in [9.17, 15) is 4.79 Å². The molecule has 34 heavy (non-hydrogen) atoms. The van der Waals surface area contributed by atoms with Gasteiger partial charge in [-0.15, -0.1) is 0 Å². The number of para-hydroxylation sites is 1. The number of carbonyl (C=O) groups is 1. The lowest BCUT2D eigenvalue weighted by molar-refractivity contribution is -0.122. The van der Waals surface area contributed by atoms with E-state index in [-0.39, 0.29) is 24.0 Å². The number of aryl methyl sites for hydroxylation is 2. The third-order valence-corrected chi connectivity index (χ3v) is 6.64. The number of nitrogens with zero attached hydrogens (tertiary/aromatic N) is 2. The molecule has 2 aliphatic rings. The molecule has 1 N–H and O–H groups in total. The Morgan fingerprint density at radius 3 is 2.88 bits per heavy atom. The van der Waals surface area contributed by atoms with Gasteiger partial charge in [-0.05, 0) is 77.0 Å². The molecule has 3 heterocycles. The van der Waals surface area contributed by atoms with Crippen LogP contribution in [0.5, 0.6) is 5.75 Å². The number of ether oxygens (including phenoxy) is 2. The summed E-state index contributed by atoms with van der Waals surface area (Å²) in [6.45, 7) is 9.11. The minimum atomic E-state index is -0.285. The normalized spacial score (nSPS) is 19.0. The molecule has 1 aromatic heterocycles. The van der Waals surface area contributed by atoms with Gasteiger partial charge in [0.15, 0.2) is 5.78 Å². The van der Waals surface area contributed by atoms with Crippen molar-refractivity contribution in [2.45, 2.75) is 77.5 Å². The van der Waals surface area contributed by atoms with Crippen molar-refractivity contribution in [1.82, 2.24) is 9.88 Å². The van der Waals surface area contributed by atoms with E-state index >= 15 is 0 Å². The topological polar surface area (TPSA) is 63.7 Å². The second kappa shape index (κ2) is 11.8. The molecule has 0 saturated carbocycles. The van der Waals surface area contributed by atoms with Gasteiger partial charge in [0, 0.05) is 37.5 Å². The molecule has 1 fully saturated rings. The van der Waals surface area contributed by atoms with E-state index in [1.807, 2.05) is 38.1 Å². The van der Waals surface area contributed by atoms with Gasteiger partial charge in [0.1, 0.15) is 11.6 Å². The predicted molar refractivity (Wildman–Crippen MR) is 136 cm³/mol. The molecule has 2 atom stereocenters. The van der Waals surface area contributed by atoms with Crippen molar-refractivity contribution in [2.75, 3.05) is 31.6 Å². The van der Waals surface area contributed by atoms with Crippen molar-refractivity contribution >= 4 is 11.6 Å². The Morgan fingerprint density at radius 2 is 2.06 bits per heavy atom. The predicted octanol–water partition coefficient (Wildman–Crippen LogP) is 4.97. The number of rotatable bonds is 11. The quantitative estimate of drug-likeness (QED) is 0.473. The Balaban J connectivity index is 1.24. The van der Waals surface area contributed by atoms with Crippen molar-refractivity contribution in [3.63, 3.8) is 0 Å². The number of Topliss-reactive ketones (excluding diaryl/α,β-unsaturated/α-hetero) is 1. The smallest absolute Gasteiger partial charge is 0.151 e. The van der Waals surface area contributed by atoms with Crippen LogP contribution in [0.1, 0.15) is 69.3 Å². The summed E-state index contributed by atoms with van der Waals surface area (Å²) < 4.78 is 12.2. The second-order valence-corrected chi connectivity index (χ2v) is 9.79. The highest BCUT2D eigenvalue weighted by atomic mass is 16.5. The number of unbranched alkanes of at least 4 members (excludes halogenated alkanes) is 1. The van der Waals surface area contributed by atoms with E-state index in [0.717, 1.165) is 81.2 Å². The number of pyridine rings is 1. The Labute approximate surface area is 204 Å². The Bertz CT molecular complexity index is 962. The lowest BCUT2D eigenvalue weighted by Crippen LogP contribution is -2.33. The highest BCUT2D eigenvalue weighted by molar-refractivity contribution is 5.83. The van der Waals surface area contributed by atoms with Crippen LogP contribution in [0.3, 0.4) is 0 Å². The molecule has 184 valence electrons. The van der Waals surface area contributed by atoms with Gasteiger partial charge in [0.2, 0.25) is 0 Å². The summed E-state index contributed by atoms with van der Waals surface area (Å²) in [5, 5.41) is 3.41. The lowest BCUT2D eigenvalue weighted by atomic mass is 10.0. The zero-order valence-corrected chi connectivity index (χ0v) is 20.9. The van der Waals surface area contributed by atoms with Crippen LogP contribution in [-0.4, -0.2) is 54.1 Å². The highest BCUT2D eigenvalue weighted by Crippen LogP contribution is 2.33. The van der Waals surface area contributed by atoms with Crippen LogP contribution < -0.4 is 10.1 Å². The first-order valence-corrected chi connectivity index (χ1v) is 12.9. The van der Waals surface area contributed by atoms with Crippen LogP contribution in [-0.2, 0) is 22.4 Å². The SMILES string of the molecule is CC(=O)[C@H](c1ccccc1OC(C)C)N1CC[C@@H](OCCCCc2ccc3c(n2)NCCC3)C1. The summed E-state index contributed by atoms with van der Waals surface area (Å²) in [6.07, 6.45) is 6.57. The number of anilines is 1. The summed E-state index contributed by atoms with van der Waals surface area (Å²) in [4.78, 5) is 19.7. The zero-order chi connectivity index (χ0) is 23.9. The molecule has 4 rings (SSSR count). The van der Waals surface area contributed by atoms with Crippen LogP contribution >= 0.6 is 0 Å². The van der Waals surface area contributed by atoms with Crippen LogP contribution in [0.4, 0.5) is 5.82 Å². The maximum absolute atomic E-state index is 12.7. The van der Waals surface area contributed by atoms with Crippen molar-refractivity contribution in [3.8, 4) is 5.75 Å². The molecular formula is C28H39N3O3. The van der Waals surface area contributed by atoms with Crippen LogP contribution in [0.25, 0.3) is 0 Å². The first-order chi connectivity index (χ1) is 16.5. The largest absolute Gasteiger partial charge is 0.491 e. The van der Waals surface area contributed by atoms with Gasteiger partial charge in [-0.25, -0.2) is 4.98 Å². The Hall–Kier alpha value is -2.44. The van der Waals surface area contributed by atoms with Crippen molar-refractivity contribution in [3.05, 3.63) is 53.2 Å². The van der Waals surface area contributed by atoms with Gasteiger partial charge in [-0.3, -0.25) is 9.69 Å². The van der Waals surface area contributed by atoms with Gasteiger partial charge in [-0.2, -0.15) is 0 Å². The molecule has 1 saturated heterocycles. The van der Waals surface area contributed by atoms with Gasteiger partial charge >= 0.3 is 0 Å². The zero-order valence-electron chi connectivity index (χ0n) is 20.9. The van der Waals surface area contributed by atoms with E-state index in [2.05, 4.69) is 22.3 Å². The van der Waals surface area contributed by atoms with E-state index in [0.29, 0.717) is 0 Å². The molecule has 6 nitrogen and oxygen atoms in total. The third kappa shape index (κ3) is 6.36. The average Bonchev–Trinajstić information content (AvgIpc) is 3.27. The molecule has 0 unspecified atom stereocenters. The summed E-state index contributed by atoms with van der Waals surface area (Å²) in [6, 6.07) is 12.0.